The zero-order chi connectivity index (χ0) is 12.9. The highest BCUT2D eigenvalue weighted by Crippen LogP contribution is 2.12. The molecule has 1 heterocycles. The molecular weight excluding hydrogens is 264 g/mol. The van der Waals surface area contributed by atoms with Gasteiger partial charge in [0.1, 0.15) is 0 Å². The Morgan fingerprint density at radius 1 is 1.41 bits per heavy atom. The number of hydrogen-bond acceptors (Lipinski definition) is 3. The van der Waals surface area contributed by atoms with Crippen molar-refractivity contribution < 1.29 is 13.2 Å². The number of carbonyl (C=O) groups is 1. The lowest BCUT2D eigenvalue weighted by Crippen LogP contribution is -2.46. The van der Waals surface area contributed by atoms with Crippen molar-refractivity contribution >= 4 is 27.5 Å². The molecule has 0 aromatic rings. The number of rotatable bonds is 5. The number of alkyl halides is 1. The van der Waals surface area contributed by atoms with Crippen LogP contribution in [-0.2, 0) is 14.8 Å². The molecule has 0 saturated carbocycles. The summed E-state index contributed by atoms with van der Waals surface area (Å²) < 4.78 is 25.4. The van der Waals surface area contributed by atoms with E-state index in [1.807, 2.05) is 0 Å². The lowest BCUT2D eigenvalue weighted by atomic mass is 10.1. The third-order valence-electron chi connectivity index (χ3n) is 2.88. The average molecular weight is 283 g/mol. The lowest BCUT2D eigenvalue weighted by Gasteiger charge is -2.32. The van der Waals surface area contributed by atoms with Gasteiger partial charge in [-0.1, -0.05) is 0 Å². The summed E-state index contributed by atoms with van der Waals surface area (Å²) in [6.45, 7) is 2.82. The molecule has 1 rings (SSSR count). The molecule has 0 aromatic carbocycles. The molecule has 1 aliphatic rings. The van der Waals surface area contributed by atoms with E-state index in [9.17, 15) is 13.2 Å². The Bertz CT molecular complexity index is 351. The maximum atomic E-state index is 11.5. The Morgan fingerprint density at radius 2 is 2.00 bits per heavy atom. The monoisotopic (exact) mass is 282 g/mol. The second kappa shape index (κ2) is 6.56. The van der Waals surface area contributed by atoms with Crippen LogP contribution in [-0.4, -0.2) is 50.0 Å². The molecule has 0 radical (unpaired) electrons. The minimum Gasteiger partial charge on any atom is -0.343 e. The van der Waals surface area contributed by atoms with E-state index < -0.39 is 10.0 Å². The van der Waals surface area contributed by atoms with E-state index in [0.717, 1.165) is 0 Å². The van der Waals surface area contributed by atoms with Gasteiger partial charge in [0.2, 0.25) is 15.9 Å². The Labute approximate surface area is 108 Å². The lowest BCUT2D eigenvalue weighted by molar-refractivity contribution is -0.131. The van der Waals surface area contributed by atoms with Crippen LogP contribution in [0.15, 0.2) is 0 Å². The van der Waals surface area contributed by atoms with E-state index in [1.165, 1.54) is 0 Å². The van der Waals surface area contributed by atoms with Crippen LogP contribution in [0.5, 0.6) is 0 Å². The molecule has 1 N–H and O–H groups in total. The zero-order valence-electron chi connectivity index (χ0n) is 9.99. The van der Waals surface area contributed by atoms with Crippen LogP contribution in [0.3, 0.4) is 0 Å². The summed E-state index contributed by atoms with van der Waals surface area (Å²) in [6, 6.07) is -0.0417. The van der Waals surface area contributed by atoms with Crippen LogP contribution in [0.1, 0.15) is 26.2 Å². The number of amides is 1. The van der Waals surface area contributed by atoms with Gasteiger partial charge in [-0.05, 0) is 19.8 Å². The molecule has 0 unspecified atom stereocenters. The maximum absolute atomic E-state index is 11.5. The molecule has 0 spiro atoms. The first-order valence-electron chi connectivity index (χ1n) is 5.82. The molecule has 0 bridgehead atoms. The summed E-state index contributed by atoms with van der Waals surface area (Å²) in [6.07, 6.45) is 1.70. The fourth-order valence-corrected chi connectivity index (χ4v) is 2.89. The Balaban J connectivity index is 2.38. The maximum Gasteiger partial charge on any atom is 0.223 e. The van der Waals surface area contributed by atoms with E-state index in [2.05, 4.69) is 4.72 Å². The number of carbonyl (C=O) groups excluding carboxylic acids is 1. The average Bonchev–Trinajstić information content (AvgIpc) is 2.30. The molecule has 1 amide bonds. The summed E-state index contributed by atoms with van der Waals surface area (Å²) in [7, 11) is -3.14. The number of piperidine rings is 1. The van der Waals surface area contributed by atoms with Gasteiger partial charge < -0.3 is 4.90 Å². The number of nitrogens with zero attached hydrogens (tertiary/aromatic N) is 1. The molecule has 0 atom stereocenters. The number of halogens is 1. The molecule has 1 fully saturated rings. The summed E-state index contributed by atoms with van der Waals surface area (Å²) in [5, 5.41) is 0. The van der Waals surface area contributed by atoms with Gasteiger partial charge in [-0.3, -0.25) is 4.79 Å². The Morgan fingerprint density at radius 3 is 2.47 bits per heavy atom. The van der Waals surface area contributed by atoms with Crippen LogP contribution < -0.4 is 4.72 Å². The molecule has 0 aromatic heterocycles. The predicted octanol–water partition coefficient (Wildman–Crippen LogP) is 0.546. The van der Waals surface area contributed by atoms with Crippen LogP contribution in [0, 0.1) is 0 Å². The Kier molecular flexibility index (Phi) is 5.69. The normalized spacial score (nSPS) is 18.4. The van der Waals surface area contributed by atoms with E-state index in [1.54, 1.807) is 11.8 Å². The third-order valence-corrected chi connectivity index (χ3v) is 4.52. The van der Waals surface area contributed by atoms with Gasteiger partial charge in [0.25, 0.3) is 0 Å². The minimum absolute atomic E-state index is 0.0417. The molecule has 1 saturated heterocycles. The van der Waals surface area contributed by atoms with E-state index >= 15 is 0 Å². The number of nitrogens with one attached hydrogen (secondary N) is 1. The van der Waals surface area contributed by atoms with Crippen molar-refractivity contribution in [3.8, 4) is 0 Å². The van der Waals surface area contributed by atoms with Crippen LogP contribution in [0.2, 0.25) is 0 Å². The first-order valence-corrected chi connectivity index (χ1v) is 8.01. The molecule has 5 nitrogen and oxygen atoms in total. The van der Waals surface area contributed by atoms with Gasteiger partial charge in [-0.15, -0.1) is 11.6 Å². The van der Waals surface area contributed by atoms with Crippen molar-refractivity contribution in [1.82, 2.24) is 9.62 Å². The van der Waals surface area contributed by atoms with Crippen LogP contribution in [0.25, 0.3) is 0 Å². The second-order valence-corrected chi connectivity index (χ2v) is 6.54. The summed E-state index contributed by atoms with van der Waals surface area (Å²) in [5.74, 6) is 0.483. The number of hydrogen-bond donors (Lipinski definition) is 1. The molecule has 1 aliphatic heterocycles. The molecule has 0 aliphatic carbocycles. The number of likely N-dealkylation sites (tertiary alicyclic amines) is 1. The van der Waals surface area contributed by atoms with Gasteiger partial charge in [0, 0.05) is 31.4 Å². The zero-order valence-corrected chi connectivity index (χ0v) is 11.6. The summed E-state index contributed by atoms with van der Waals surface area (Å²) >= 11 is 5.51. The van der Waals surface area contributed by atoms with E-state index in [4.69, 9.17) is 11.6 Å². The highest BCUT2D eigenvalue weighted by molar-refractivity contribution is 7.89. The smallest absolute Gasteiger partial charge is 0.223 e. The predicted molar refractivity (Wildman–Crippen MR) is 67.5 cm³/mol. The van der Waals surface area contributed by atoms with Gasteiger partial charge in [0.15, 0.2) is 0 Å². The highest BCUT2D eigenvalue weighted by Gasteiger charge is 2.24. The molecule has 17 heavy (non-hydrogen) atoms. The highest BCUT2D eigenvalue weighted by atomic mass is 35.5. The van der Waals surface area contributed by atoms with Crippen molar-refractivity contribution in [3.05, 3.63) is 0 Å². The molecule has 100 valence electrons. The van der Waals surface area contributed by atoms with Gasteiger partial charge in [-0.25, -0.2) is 13.1 Å². The summed E-state index contributed by atoms with van der Waals surface area (Å²) in [5.41, 5.74) is 0. The standard InChI is InChI=1S/C10H19ClN2O3S/c1-2-17(15,16)12-9-4-7-13(8-5-9)10(14)3-6-11/h9,12H,2-8H2,1H3. The number of sulfonamides is 1. The molecule has 7 heteroatoms. The SMILES string of the molecule is CCS(=O)(=O)NC1CCN(C(=O)CCCl)CC1. The largest absolute Gasteiger partial charge is 0.343 e. The van der Waals surface area contributed by atoms with Crippen LogP contribution in [0.4, 0.5) is 0 Å². The molecular formula is C10H19ClN2O3S. The van der Waals surface area contributed by atoms with E-state index in [0.29, 0.717) is 38.2 Å². The van der Waals surface area contributed by atoms with Gasteiger partial charge >= 0.3 is 0 Å². The fraction of sp³-hybridized carbons (Fsp3) is 0.900. The van der Waals surface area contributed by atoms with Crippen molar-refractivity contribution in [1.29, 1.82) is 0 Å². The summed E-state index contributed by atoms with van der Waals surface area (Å²) in [4.78, 5) is 13.3. The van der Waals surface area contributed by atoms with Crippen LogP contribution >= 0.6 is 11.6 Å². The Hall–Kier alpha value is -0.330. The topological polar surface area (TPSA) is 66.5 Å². The van der Waals surface area contributed by atoms with Crippen molar-refractivity contribution in [2.24, 2.45) is 0 Å². The first-order chi connectivity index (χ1) is 7.98. The van der Waals surface area contributed by atoms with E-state index in [-0.39, 0.29) is 17.7 Å². The quantitative estimate of drug-likeness (QED) is 0.749. The van der Waals surface area contributed by atoms with Crippen molar-refractivity contribution in [2.75, 3.05) is 24.7 Å². The van der Waals surface area contributed by atoms with Gasteiger partial charge in [-0.2, -0.15) is 0 Å². The first kappa shape index (κ1) is 14.7. The third kappa shape index (κ3) is 4.81. The fourth-order valence-electron chi connectivity index (χ4n) is 1.82. The second-order valence-electron chi connectivity index (χ2n) is 4.12. The van der Waals surface area contributed by atoms with Crippen molar-refractivity contribution in [2.45, 2.75) is 32.2 Å². The minimum atomic E-state index is -3.14. The van der Waals surface area contributed by atoms with Crippen molar-refractivity contribution in [3.63, 3.8) is 0 Å². The van der Waals surface area contributed by atoms with Gasteiger partial charge in [0.05, 0.1) is 5.75 Å².